The van der Waals surface area contributed by atoms with Crippen LogP contribution in [-0.2, 0) is 9.53 Å². The van der Waals surface area contributed by atoms with E-state index in [1.807, 2.05) is 17.8 Å². The molecule has 3 rings (SSSR count). The highest BCUT2D eigenvalue weighted by atomic mass is 32.2. The molecule has 1 aromatic rings. The Labute approximate surface area is 106 Å². The van der Waals surface area contributed by atoms with E-state index in [1.165, 1.54) is 4.90 Å². The van der Waals surface area contributed by atoms with Crippen molar-refractivity contribution in [3.05, 3.63) is 30.3 Å². The predicted molar refractivity (Wildman–Crippen MR) is 68.2 cm³/mol. The van der Waals surface area contributed by atoms with Gasteiger partial charge in [-0.3, -0.25) is 4.79 Å². The molecule has 0 N–H and O–H groups in total. The maximum absolute atomic E-state index is 11.6. The van der Waals surface area contributed by atoms with E-state index in [4.69, 9.17) is 4.74 Å². The van der Waals surface area contributed by atoms with E-state index in [9.17, 15) is 4.79 Å². The van der Waals surface area contributed by atoms with Crippen LogP contribution in [0.4, 0.5) is 0 Å². The summed E-state index contributed by atoms with van der Waals surface area (Å²) in [5.74, 6) is 0.361. The fourth-order valence-electron chi connectivity index (χ4n) is 2.83. The quantitative estimate of drug-likeness (QED) is 0.804. The van der Waals surface area contributed by atoms with Crippen LogP contribution in [0.1, 0.15) is 26.2 Å². The van der Waals surface area contributed by atoms with Gasteiger partial charge in [-0.25, -0.2) is 0 Å². The lowest BCUT2D eigenvalue weighted by Crippen LogP contribution is -2.39. The second kappa shape index (κ2) is 4.14. The summed E-state index contributed by atoms with van der Waals surface area (Å²) in [5.41, 5.74) is -0.249. The van der Waals surface area contributed by atoms with Crippen LogP contribution >= 0.6 is 11.8 Å². The molecule has 0 unspecified atom stereocenters. The first-order chi connectivity index (χ1) is 8.16. The highest BCUT2D eigenvalue weighted by Crippen LogP contribution is 2.47. The Bertz CT molecular complexity index is 431. The van der Waals surface area contributed by atoms with Gasteiger partial charge in [-0.2, -0.15) is 0 Å². The van der Waals surface area contributed by atoms with E-state index in [1.54, 1.807) is 0 Å². The van der Waals surface area contributed by atoms with E-state index in [2.05, 4.69) is 31.2 Å². The number of ketones is 1. The van der Waals surface area contributed by atoms with E-state index < -0.39 is 0 Å². The second-order valence-electron chi connectivity index (χ2n) is 5.13. The van der Waals surface area contributed by atoms with Gasteiger partial charge in [-0.1, -0.05) is 18.2 Å². The minimum Gasteiger partial charge on any atom is -0.370 e. The fourth-order valence-corrected chi connectivity index (χ4v) is 4.17. The first-order valence-electron chi connectivity index (χ1n) is 6.07. The monoisotopic (exact) mass is 248 g/mol. The molecule has 2 saturated heterocycles. The van der Waals surface area contributed by atoms with Crippen molar-refractivity contribution in [1.82, 2.24) is 0 Å². The summed E-state index contributed by atoms with van der Waals surface area (Å²) in [4.78, 5) is 12.9. The van der Waals surface area contributed by atoms with Crippen LogP contribution in [0.25, 0.3) is 0 Å². The molecule has 1 aromatic carbocycles. The molecule has 2 bridgehead atoms. The van der Waals surface area contributed by atoms with Gasteiger partial charge in [-0.15, -0.1) is 11.8 Å². The molecule has 0 radical (unpaired) electrons. The van der Waals surface area contributed by atoms with Gasteiger partial charge in [0.25, 0.3) is 0 Å². The standard InChI is InChI=1S/C14H16O2S/c1-14-9-10(15)7-11(16-14)8-13(14)17-12-5-3-2-4-6-12/h2-6,11,13H,7-9H2,1H3/t11-,13-,14+/m0/s1. The second-order valence-corrected chi connectivity index (χ2v) is 6.40. The van der Waals surface area contributed by atoms with Gasteiger partial charge in [0.15, 0.2) is 0 Å². The maximum atomic E-state index is 11.6. The van der Waals surface area contributed by atoms with E-state index >= 15 is 0 Å². The van der Waals surface area contributed by atoms with E-state index in [0.29, 0.717) is 23.9 Å². The van der Waals surface area contributed by atoms with Crippen molar-refractivity contribution in [1.29, 1.82) is 0 Å². The molecule has 17 heavy (non-hydrogen) atoms. The SMILES string of the molecule is C[C@@]12CC(=O)C[C@@H](C[C@@H]1Sc1ccccc1)O2. The van der Waals surface area contributed by atoms with Crippen molar-refractivity contribution in [2.45, 2.75) is 48.0 Å². The average Bonchev–Trinajstić information content (AvgIpc) is 2.50. The third-order valence-corrected chi connectivity index (χ3v) is 5.14. The topological polar surface area (TPSA) is 26.3 Å². The molecule has 90 valence electrons. The van der Waals surface area contributed by atoms with Crippen molar-refractivity contribution in [3.8, 4) is 0 Å². The Hall–Kier alpha value is -0.800. The first-order valence-corrected chi connectivity index (χ1v) is 6.95. The predicted octanol–water partition coefficient (Wildman–Crippen LogP) is 3.06. The van der Waals surface area contributed by atoms with Crippen LogP contribution in [0.5, 0.6) is 0 Å². The van der Waals surface area contributed by atoms with Gasteiger partial charge in [0, 0.05) is 23.0 Å². The molecule has 3 atom stereocenters. The number of Topliss-reactive ketones (excluding diaryl/α,β-unsaturated/α-hetero) is 1. The summed E-state index contributed by atoms with van der Waals surface area (Å²) >= 11 is 1.85. The van der Waals surface area contributed by atoms with Gasteiger partial charge < -0.3 is 4.74 Å². The molecule has 3 heteroatoms. The van der Waals surface area contributed by atoms with Crippen LogP contribution in [0.2, 0.25) is 0 Å². The van der Waals surface area contributed by atoms with Gasteiger partial charge in [0.2, 0.25) is 0 Å². The maximum Gasteiger partial charge on any atom is 0.138 e. The molecule has 0 spiro atoms. The van der Waals surface area contributed by atoms with E-state index in [-0.39, 0.29) is 11.7 Å². The van der Waals surface area contributed by atoms with Gasteiger partial charge in [-0.05, 0) is 25.5 Å². The van der Waals surface area contributed by atoms with Gasteiger partial charge >= 0.3 is 0 Å². The number of thioether (sulfide) groups is 1. The van der Waals surface area contributed by atoms with Crippen LogP contribution in [0, 0.1) is 0 Å². The largest absolute Gasteiger partial charge is 0.370 e. The lowest BCUT2D eigenvalue weighted by atomic mass is 9.96. The van der Waals surface area contributed by atoms with Crippen molar-refractivity contribution >= 4 is 17.5 Å². The number of rotatable bonds is 2. The fraction of sp³-hybridized carbons (Fsp3) is 0.500. The number of benzene rings is 1. The normalized spacial score (nSPS) is 36.2. The zero-order valence-corrected chi connectivity index (χ0v) is 10.7. The third kappa shape index (κ3) is 2.14. The smallest absolute Gasteiger partial charge is 0.138 e. The van der Waals surface area contributed by atoms with Crippen molar-refractivity contribution < 1.29 is 9.53 Å². The molecule has 2 aliphatic rings. The number of ether oxygens (including phenoxy) is 1. The Morgan fingerprint density at radius 1 is 1.35 bits per heavy atom. The Balaban J connectivity index is 1.79. The molecular formula is C14H16O2S. The Kier molecular flexibility index (Phi) is 2.75. The summed E-state index contributed by atoms with van der Waals surface area (Å²) in [5, 5.41) is 0.404. The molecule has 0 saturated carbocycles. The van der Waals surface area contributed by atoms with Gasteiger partial charge in [0.1, 0.15) is 5.78 Å². The van der Waals surface area contributed by atoms with Crippen LogP contribution in [0.3, 0.4) is 0 Å². The number of hydrogen-bond acceptors (Lipinski definition) is 3. The summed E-state index contributed by atoms with van der Waals surface area (Å²) in [6, 6.07) is 10.4. The summed E-state index contributed by atoms with van der Waals surface area (Å²) < 4.78 is 6.00. The van der Waals surface area contributed by atoms with Gasteiger partial charge in [0.05, 0.1) is 11.7 Å². The zero-order chi connectivity index (χ0) is 11.9. The third-order valence-electron chi connectivity index (χ3n) is 3.62. The molecule has 0 aromatic heterocycles. The Morgan fingerprint density at radius 3 is 2.88 bits per heavy atom. The molecule has 0 aliphatic carbocycles. The molecule has 0 amide bonds. The van der Waals surface area contributed by atoms with Crippen molar-refractivity contribution in [2.75, 3.05) is 0 Å². The molecule has 2 nitrogen and oxygen atoms in total. The Morgan fingerprint density at radius 2 is 2.12 bits per heavy atom. The average molecular weight is 248 g/mol. The summed E-state index contributed by atoms with van der Waals surface area (Å²) in [6.45, 7) is 2.09. The van der Waals surface area contributed by atoms with Crippen molar-refractivity contribution in [3.63, 3.8) is 0 Å². The van der Waals surface area contributed by atoms with Crippen LogP contribution in [0.15, 0.2) is 35.2 Å². The van der Waals surface area contributed by atoms with Crippen LogP contribution in [-0.4, -0.2) is 22.7 Å². The summed E-state index contributed by atoms with van der Waals surface area (Å²) in [7, 11) is 0. The zero-order valence-electron chi connectivity index (χ0n) is 9.89. The van der Waals surface area contributed by atoms with Crippen LogP contribution < -0.4 is 0 Å². The minimum atomic E-state index is -0.249. The minimum absolute atomic E-state index is 0.155. The lowest BCUT2D eigenvalue weighted by molar-refractivity contribution is -0.137. The van der Waals surface area contributed by atoms with Crippen molar-refractivity contribution in [2.24, 2.45) is 0 Å². The number of hydrogen-bond donors (Lipinski definition) is 0. The molecule has 2 heterocycles. The lowest BCUT2D eigenvalue weighted by Gasteiger charge is -2.32. The highest BCUT2D eigenvalue weighted by Gasteiger charge is 2.50. The number of carbonyl (C=O) groups excluding carboxylic acids is 1. The summed E-state index contributed by atoms with van der Waals surface area (Å²) in [6.07, 6.45) is 2.35. The van der Waals surface area contributed by atoms with E-state index in [0.717, 1.165) is 6.42 Å². The number of fused-ring (bicyclic) bond motifs is 2. The highest BCUT2D eigenvalue weighted by molar-refractivity contribution is 8.00. The first kappa shape index (κ1) is 11.3. The molecular weight excluding hydrogens is 232 g/mol. The molecule has 2 fully saturated rings. The molecule has 2 aliphatic heterocycles. The number of carbonyl (C=O) groups is 1.